The number of rotatable bonds is 16. The van der Waals surface area contributed by atoms with E-state index in [1.807, 2.05) is 0 Å². The van der Waals surface area contributed by atoms with Crippen molar-refractivity contribution in [2.75, 3.05) is 0 Å². The van der Waals surface area contributed by atoms with Crippen LogP contribution in [0.2, 0.25) is 0 Å². The van der Waals surface area contributed by atoms with Crippen molar-refractivity contribution in [1.29, 1.82) is 0 Å². The summed E-state index contributed by atoms with van der Waals surface area (Å²) in [6, 6.07) is 146. The Kier molecular flexibility index (Phi) is 16.5. The molecule has 0 spiro atoms. The normalized spacial score (nSPS) is 13.8. The van der Waals surface area contributed by atoms with Gasteiger partial charge in [0, 0.05) is 0 Å². The summed E-state index contributed by atoms with van der Waals surface area (Å²) in [4.78, 5) is 0. The molecular weight excluding hydrogens is 1290 g/mol. The van der Waals surface area contributed by atoms with Crippen molar-refractivity contribution in [3.63, 3.8) is 0 Å². The molecule has 0 amide bonds. The first kappa shape index (κ1) is 53.8. The van der Waals surface area contributed by atoms with Gasteiger partial charge in [0.25, 0.3) is 0 Å². The van der Waals surface area contributed by atoms with Crippen LogP contribution in [0.15, 0.2) is 364 Å². The van der Waals surface area contributed by atoms with Crippen LogP contribution in [0.3, 0.4) is 0 Å². The molecule has 0 aliphatic heterocycles. The molecule has 0 aliphatic rings. The molecule has 6 heteroatoms. The molecule has 0 unspecified atom stereocenters. The molecule has 12 aromatic carbocycles. The van der Waals surface area contributed by atoms with Gasteiger partial charge in [0.05, 0.1) is 0 Å². The zero-order valence-electron chi connectivity index (χ0n) is 43.3. The maximum atomic E-state index is 2.60. The Morgan fingerprint density at radius 3 is 0.282 bits per heavy atom. The fourth-order valence-electron chi connectivity index (χ4n) is 12.4. The zero-order chi connectivity index (χ0) is 51.9. The van der Waals surface area contributed by atoms with E-state index in [0.29, 0.717) is 0 Å². The van der Waals surface area contributed by atoms with Crippen LogP contribution in [0.25, 0.3) is 0 Å². The Bertz CT molecular complexity index is 2860. The van der Waals surface area contributed by atoms with Crippen molar-refractivity contribution in [2.45, 2.75) is 0 Å². The van der Waals surface area contributed by atoms with Gasteiger partial charge in [-0.3, -0.25) is 0 Å². The van der Waals surface area contributed by atoms with Gasteiger partial charge in [-0.25, -0.2) is 0 Å². The van der Waals surface area contributed by atoms with Gasteiger partial charge < -0.3 is 0 Å². The van der Waals surface area contributed by atoms with Crippen LogP contribution in [0.1, 0.15) is 0 Å². The molecule has 0 bridgehead atoms. The number of hydrogen-bond donors (Lipinski definition) is 0. The van der Waals surface area contributed by atoms with E-state index < -0.39 is 35.6 Å². The van der Waals surface area contributed by atoms with Crippen LogP contribution >= 0.6 is 20.6 Å². The predicted molar refractivity (Wildman–Crippen MR) is 346 cm³/mol. The average Bonchev–Trinajstić information content (AvgIpc) is 3.71. The van der Waals surface area contributed by atoms with Gasteiger partial charge in [0.2, 0.25) is 0 Å². The Hall–Kier alpha value is -6.24. The van der Waals surface area contributed by atoms with Gasteiger partial charge in [-0.1, -0.05) is 0 Å². The Balaban J connectivity index is 0.00000645. The number of hydrogen-bond acceptors (Lipinski definition) is 0. The molecule has 0 saturated heterocycles. The van der Waals surface area contributed by atoms with E-state index in [2.05, 4.69) is 364 Å². The van der Waals surface area contributed by atoms with E-state index in [1.165, 1.54) is 63.7 Å². The Labute approximate surface area is 479 Å². The summed E-state index contributed by atoms with van der Waals surface area (Å²) < 4.78 is 0. The second-order valence-corrected chi connectivity index (χ2v) is 83.3. The molecule has 0 nitrogen and oxygen atoms in total. The molecule has 0 saturated carbocycles. The third-order valence-electron chi connectivity index (χ3n) is 15.2. The van der Waals surface area contributed by atoms with Crippen LogP contribution in [0.4, 0.5) is 0 Å². The monoisotopic (exact) mass is 1360 g/mol. The van der Waals surface area contributed by atoms with Crippen LogP contribution in [-0.2, 0) is 35.4 Å². The molecule has 78 heavy (non-hydrogen) atoms. The third-order valence-corrected chi connectivity index (χ3v) is 149. The number of benzene rings is 12. The summed E-state index contributed by atoms with van der Waals surface area (Å²) in [6.07, 6.45) is 0. The molecule has 0 atom stereocenters. The van der Waals surface area contributed by atoms with E-state index in [4.69, 9.17) is 0 Å². The second-order valence-electron chi connectivity index (χ2n) is 19.2. The van der Waals surface area contributed by atoms with Crippen LogP contribution < -0.4 is 63.7 Å². The molecule has 0 N–H and O–H groups in total. The average molecular weight is 1360 g/mol. The summed E-state index contributed by atoms with van der Waals surface area (Å²) in [7, 11) is 0. The third kappa shape index (κ3) is 8.43. The first-order valence-corrected chi connectivity index (χ1v) is 46.7. The predicted octanol–water partition coefficient (Wildman–Crippen LogP) is 12.7. The van der Waals surface area contributed by atoms with Crippen LogP contribution in [0, 0.1) is 0 Å². The molecule has 0 radical (unpaired) electrons. The van der Waals surface area contributed by atoms with Gasteiger partial charge in [-0.15, -0.1) is 0 Å². The first-order valence-electron chi connectivity index (χ1n) is 26.5. The van der Waals surface area contributed by atoms with Gasteiger partial charge in [0.1, 0.15) is 0 Å². The molecular formula is C72H64AuP4Pd+2. The fourth-order valence-corrected chi connectivity index (χ4v) is 225. The molecule has 391 valence electrons. The van der Waals surface area contributed by atoms with Gasteiger partial charge >= 0.3 is 484 Å². The van der Waals surface area contributed by atoms with Crippen molar-refractivity contribution in [3.05, 3.63) is 364 Å². The second kappa shape index (κ2) is 24.0. The minimum absolute atomic E-state index is 0. The van der Waals surface area contributed by atoms with Crippen LogP contribution in [0.5, 0.6) is 0 Å². The maximum absolute atomic E-state index is 5.10. The Morgan fingerprint density at radius 1 is 0.128 bits per heavy atom. The van der Waals surface area contributed by atoms with E-state index in [1.54, 1.807) is 0 Å². The zero-order valence-corrected chi connectivity index (χ0v) is 51.0. The fraction of sp³-hybridized carbons (Fsp3) is 0. The van der Waals surface area contributed by atoms with E-state index in [0.717, 1.165) is 0 Å². The van der Waals surface area contributed by atoms with Crippen LogP contribution in [-0.4, -0.2) is 0 Å². The van der Waals surface area contributed by atoms with Crippen molar-refractivity contribution >= 4 is 84.3 Å². The molecule has 0 fully saturated rings. The van der Waals surface area contributed by atoms with Crippen molar-refractivity contribution in [1.82, 2.24) is 0 Å². The minimum atomic E-state index is -5.10. The van der Waals surface area contributed by atoms with Gasteiger partial charge in [0.15, 0.2) is 0 Å². The summed E-state index contributed by atoms with van der Waals surface area (Å²) in [5.74, 6) is 0. The van der Waals surface area contributed by atoms with Crippen molar-refractivity contribution in [2.24, 2.45) is 0 Å². The standard InChI is InChI=1S/4C18H15P.Au.Pd/c4*1-4-10-16(11-5-1)19(17-12-6-2-7-13-17)18-14-8-3-9-15-18;;/h4*1-15H;;/q;;;;-4;+2/p+4. The quantitative estimate of drug-likeness (QED) is 0.0668. The van der Waals surface area contributed by atoms with E-state index >= 15 is 0 Å². The summed E-state index contributed by atoms with van der Waals surface area (Å²) in [6.45, 7) is 0. The van der Waals surface area contributed by atoms with Crippen molar-refractivity contribution in [3.8, 4) is 0 Å². The SMILES string of the molecule is [Pd+2].c1ccc([PH](c2ccccc2)(c2ccccc2)[Au]([PH](c2ccccc2)(c2ccccc2)c2ccccc2)([PH](c2ccccc2)(c2ccccc2)c2ccccc2)[PH](c2ccccc2)(c2ccccc2)c2ccccc2)cc1. The van der Waals surface area contributed by atoms with Gasteiger partial charge in [-0.05, 0) is 0 Å². The van der Waals surface area contributed by atoms with Crippen molar-refractivity contribution < 1.29 is 35.4 Å². The topological polar surface area (TPSA) is 0 Å². The molecule has 0 aromatic heterocycles. The summed E-state index contributed by atoms with van der Waals surface area (Å²) in [5.41, 5.74) is 0. The summed E-state index contributed by atoms with van der Waals surface area (Å²) >= 11 is -5.10. The molecule has 0 heterocycles. The molecule has 12 rings (SSSR count). The molecule has 12 aromatic rings. The molecule has 0 aliphatic carbocycles. The Morgan fingerprint density at radius 2 is 0.205 bits per heavy atom. The first-order chi connectivity index (χ1) is 38.3. The van der Waals surface area contributed by atoms with E-state index in [-0.39, 0.29) is 20.4 Å². The van der Waals surface area contributed by atoms with Gasteiger partial charge in [-0.2, -0.15) is 0 Å². The summed E-state index contributed by atoms with van der Waals surface area (Å²) in [5, 5.41) is 1.97. The van der Waals surface area contributed by atoms with E-state index in [9.17, 15) is 0 Å².